The highest BCUT2D eigenvalue weighted by Gasteiger charge is 2.03. The largest absolute Gasteiger partial charge is 0.494 e. The Morgan fingerprint density at radius 1 is 1.20 bits per heavy atom. The topological polar surface area (TPSA) is 21.3 Å². The summed E-state index contributed by atoms with van der Waals surface area (Å²) < 4.78 is 5.46. The summed E-state index contributed by atoms with van der Waals surface area (Å²) in [6, 6.07) is 8.71. The van der Waals surface area contributed by atoms with Crippen LogP contribution in [-0.2, 0) is 0 Å². The summed E-state index contributed by atoms with van der Waals surface area (Å²) in [6.07, 6.45) is 2.30. The van der Waals surface area contributed by atoms with Gasteiger partial charge in [-0.2, -0.15) is 0 Å². The van der Waals surface area contributed by atoms with Crippen molar-refractivity contribution in [2.24, 2.45) is 0 Å². The first-order chi connectivity index (χ1) is 7.30. The minimum absolute atomic E-state index is 0.557. The Morgan fingerprint density at radius 3 is 2.53 bits per heavy atom. The van der Waals surface area contributed by atoms with Crippen LogP contribution in [0.25, 0.3) is 0 Å². The van der Waals surface area contributed by atoms with Gasteiger partial charge >= 0.3 is 0 Å². The minimum atomic E-state index is 0.557. The van der Waals surface area contributed by atoms with Crippen LogP contribution >= 0.6 is 0 Å². The molecule has 1 aromatic rings. The second-order valence-electron chi connectivity index (χ2n) is 3.62. The van der Waals surface area contributed by atoms with Crippen LogP contribution in [0.15, 0.2) is 24.3 Å². The number of hydrogen-bond acceptors (Lipinski definition) is 2. The summed E-state index contributed by atoms with van der Waals surface area (Å²) in [7, 11) is 0. The van der Waals surface area contributed by atoms with Crippen LogP contribution < -0.4 is 10.1 Å². The summed E-state index contributed by atoms with van der Waals surface area (Å²) in [6.45, 7) is 7.12. The van der Waals surface area contributed by atoms with Crippen LogP contribution in [0.2, 0.25) is 0 Å². The molecule has 84 valence electrons. The minimum Gasteiger partial charge on any atom is -0.494 e. The smallest absolute Gasteiger partial charge is 0.121 e. The average Bonchev–Trinajstić information content (AvgIpc) is 2.27. The molecule has 0 heterocycles. The third kappa shape index (κ3) is 3.82. The van der Waals surface area contributed by atoms with Gasteiger partial charge in [0.25, 0.3) is 0 Å². The maximum absolute atomic E-state index is 5.46. The van der Waals surface area contributed by atoms with Crippen LogP contribution in [0.1, 0.15) is 33.6 Å². The predicted molar refractivity (Wildman–Crippen MR) is 65.6 cm³/mol. The molecule has 1 aromatic carbocycles. The Bertz CT molecular complexity index is 282. The van der Waals surface area contributed by atoms with E-state index in [2.05, 4.69) is 31.3 Å². The van der Waals surface area contributed by atoms with E-state index in [1.165, 1.54) is 0 Å². The van der Waals surface area contributed by atoms with Gasteiger partial charge in [0.1, 0.15) is 5.75 Å². The lowest BCUT2D eigenvalue weighted by molar-refractivity contribution is 0.340. The highest BCUT2D eigenvalue weighted by molar-refractivity contribution is 5.48. The van der Waals surface area contributed by atoms with Gasteiger partial charge in [0.15, 0.2) is 0 Å². The van der Waals surface area contributed by atoms with Gasteiger partial charge in [0.05, 0.1) is 6.61 Å². The highest BCUT2D eigenvalue weighted by Crippen LogP contribution is 2.19. The van der Waals surface area contributed by atoms with Gasteiger partial charge in [-0.1, -0.05) is 19.9 Å². The van der Waals surface area contributed by atoms with Crippen molar-refractivity contribution in [3.05, 3.63) is 24.3 Å². The SMILES string of the molecule is CCOc1cccc(NC(CC)CC)c1. The van der Waals surface area contributed by atoms with Crippen LogP contribution in [0.3, 0.4) is 0 Å². The van der Waals surface area contributed by atoms with Crippen LogP contribution in [0, 0.1) is 0 Å². The number of ether oxygens (including phenoxy) is 1. The molecule has 2 heteroatoms. The highest BCUT2D eigenvalue weighted by atomic mass is 16.5. The van der Waals surface area contributed by atoms with Gasteiger partial charge in [-0.15, -0.1) is 0 Å². The Balaban J connectivity index is 2.64. The molecular weight excluding hydrogens is 186 g/mol. The molecule has 0 bridgehead atoms. The Labute approximate surface area is 92.6 Å². The molecule has 15 heavy (non-hydrogen) atoms. The predicted octanol–water partition coefficient (Wildman–Crippen LogP) is 3.69. The molecule has 0 radical (unpaired) electrons. The second kappa shape index (κ2) is 6.33. The molecule has 0 aliphatic carbocycles. The number of rotatable bonds is 6. The van der Waals surface area contributed by atoms with E-state index in [4.69, 9.17) is 4.74 Å². The summed E-state index contributed by atoms with van der Waals surface area (Å²) >= 11 is 0. The van der Waals surface area contributed by atoms with Crippen molar-refractivity contribution in [2.45, 2.75) is 39.7 Å². The van der Waals surface area contributed by atoms with Crippen molar-refractivity contribution in [1.82, 2.24) is 0 Å². The maximum Gasteiger partial charge on any atom is 0.121 e. The zero-order chi connectivity index (χ0) is 11.1. The Morgan fingerprint density at radius 2 is 1.93 bits per heavy atom. The summed E-state index contributed by atoms with van der Waals surface area (Å²) in [5, 5.41) is 3.50. The molecule has 0 spiro atoms. The zero-order valence-corrected chi connectivity index (χ0v) is 9.92. The first-order valence-corrected chi connectivity index (χ1v) is 5.79. The molecule has 0 aliphatic heterocycles. The van der Waals surface area contributed by atoms with E-state index < -0.39 is 0 Å². The molecule has 0 amide bonds. The van der Waals surface area contributed by atoms with E-state index >= 15 is 0 Å². The lowest BCUT2D eigenvalue weighted by Gasteiger charge is -2.16. The number of anilines is 1. The van der Waals surface area contributed by atoms with Crippen LogP contribution in [0.5, 0.6) is 5.75 Å². The van der Waals surface area contributed by atoms with Gasteiger partial charge in [0.2, 0.25) is 0 Å². The van der Waals surface area contributed by atoms with E-state index in [1.54, 1.807) is 0 Å². The van der Waals surface area contributed by atoms with E-state index in [0.717, 1.165) is 24.3 Å². The van der Waals surface area contributed by atoms with E-state index in [-0.39, 0.29) is 0 Å². The normalized spacial score (nSPS) is 10.4. The standard InChI is InChI=1S/C13H21NO/c1-4-11(5-2)14-12-8-7-9-13(10-12)15-6-3/h7-11,14H,4-6H2,1-3H3. The molecule has 1 N–H and O–H groups in total. The van der Waals surface area contributed by atoms with Crippen molar-refractivity contribution in [3.8, 4) is 5.75 Å². The van der Waals surface area contributed by atoms with E-state index in [1.807, 2.05) is 19.1 Å². The van der Waals surface area contributed by atoms with E-state index in [0.29, 0.717) is 12.6 Å². The monoisotopic (exact) mass is 207 g/mol. The van der Waals surface area contributed by atoms with Gasteiger partial charge in [-0.05, 0) is 31.9 Å². The van der Waals surface area contributed by atoms with Gasteiger partial charge in [0, 0.05) is 17.8 Å². The van der Waals surface area contributed by atoms with Crippen molar-refractivity contribution < 1.29 is 4.74 Å². The molecule has 1 rings (SSSR count). The lowest BCUT2D eigenvalue weighted by atomic mass is 10.1. The van der Waals surface area contributed by atoms with Crippen molar-refractivity contribution >= 4 is 5.69 Å². The van der Waals surface area contributed by atoms with E-state index in [9.17, 15) is 0 Å². The maximum atomic E-state index is 5.46. The van der Waals surface area contributed by atoms with Crippen molar-refractivity contribution in [3.63, 3.8) is 0 Å². The summed E-state index contributed by atoms with van der Waals surface area (Å²) in [5.74, 6) is 0.938. The molecule has 0 aromatic heterocycles. The molecule has 0 aliphatic rings. The average molecular weight is 207 g/mol. The fourth-order valence-corrected chi connectivity index (χ4v) is 1.57. The van der Waals surface area contributed by atoms with Crippen molar-refractivity contribution in [2.75, 3.05) is 11.9 Å². The molecule has 0 unspecified atom stereocenters. The molecule has 0 atom stereocenters. The van der Waals surface area contributed by atoms with Crippen LogP contribution in [0.4, 0.5) is 5.69 Å². The lowest BCUT2D eigenvalue weighted by Crippen LogP contribution is -2.16. The Kier molecular flexibility index (Phi) is 5.02. The zero-order valence-electron chi connectivity index (χ0n) is 9.92. The first kappa shape index (κ1) is 11.9. The fourth-order valence-electron chi connectivity index (χ4n) is 1.57. The summed E-state index contributed by atoms with van der Waals surface area (Å²) in [4.78, 5) is 0. The third-order valence-corrected chi connectivity index (χ3v) is 2.50. The fraction of sp³-hybridized carbons (Fsp3) is 0.538. The number of benzene rings is 1. The van der Waals surface area contributed by atoms with Gasteiger partial charge < -0.3 is 10.1 Å². The Hall–Kier alpha value is -1.18. The van der Waals surface area contributed by atoms with Gasteiger partial charge in [-0.3, -0.25) is 0 Å². The quantitative estimate of drug-likeness (QED) is 0.768. The number of hydrogen-bond donors (Lipinski definition) is 1. The van der Waals surface area contributed by atoms with Crippen molar-refractivity contribution in [1.29, 1.82) is 0 Å². The number of nitrogens with one attached hydrogen (secondary N) is 1. The first-order valence-electron chi connectivity index (χ1n) is 5.79. The molecule has 2 nitrogen and oxygen atoms in total. The molecule has 0 fully saturated rings. The molecular formula is C13H21NO. The molecule has 0 saturated heterocycles. The van der Waals surface area contributed by atoms with Crippen LogP contribution in [-0.4, -0.2) is 12.6 Å². The molecule has 0 saturated carbocycles. The third-order valence-electron chi connectivity index (χ3n) is 2.50. The van der Waals surface area contributed by atoms with Gasteiger partial charge in [-0.25, -0.2) is 0 Å². The summed E-state index contributed by atoms with van der Waals surface area (Å²) in [5.41, 5.74) is 1.15. The second-order valence-corrected chi connectivity index (χ2v) is 3.62.